The minimum absolute atomic E-state index is 0.0367. The SMILES string of the molecule is COc1ccc(OC)c(CCC(=O)NCc2ccc(C(=O)NC3CC3)cc2)c1. The van der Waals surface area contributed by atoms with Crippen LogP contribution in [0.5, 0.6) is 11.5 Å². The summed E-state index contributed by atoms with van der Waals surface area (Å²) >= 11 is 0. The number of rotatable bonds is 9. The zero-order chi connectivity index (χ0) is 19.9. The predicted octanol–water partition coefficient (Wildman–Crippen LogP) is 2.85. The van der Waals surface area contributed by atoms with Crippen molar-refractivity contribution >= 4 is 11.8 Å². The molecular weight excluding hydrogens is 356 g/mol. The van der Waals surface area contributed by atoms with Crippen molar-refractivity contribution in [2.45, 2.75) is 38.3 Å². The van der Waals surface area contributed by atoms with E-state index in [1.807, 2.05) is 30.3 Å². The molecule has 1 fully saturated rings. The first-order chi connectivity index (χ1) is 13.6. The van der Waals surface area contributed by atoms with Gasteiger partial charge in [0.15, 0.2) is 0 Å². The Bertz CT molecular complexity index is 829. The molecule has 0 atom stereocenters. The Labute approximate surface area is 165 Å². The maximum atomic E-state index is 12.2. The molecule has 3 rings (SSSR count). The third-order valence-corrected chi connectivity index (χ3v) is 4.73. The van der Waals surface area contributed by atoms with Gasteiger partial charge in [-0.15, -0.1) is 0 Å². The first kappa shape index (κ1) is 19.7. The van der Waals surface area contributed by atoms with Crippen molar-refractivity contribution in [1.29, 1.82) is 0 Å². The molecular formula is C22H26N2O4. The molecule has 2 N–H and O–H groups in total. The van der Waals surface area contributed by atoms with E-state index >= 15 is 0 Å². The number of hydrogen-bond donors (Lipinski definition) is 2. The fourth-order valence-corrected chi connectivity index (χ4v) is 2.88. The molecule has 1 aliphatic carbocycles. The highest BCUT2D eigenvalue weighted by Gasteiger charge is 2.23. The summed E-state index contributed by atoms with van der Waals surface area (Å²) in [6.07, 6.45) is 3.05. The van der Waals surface area contributed by atoms with Crippen molar-refractivity contribution < 1.29 is 19.1 Å². The summed E-state index contributed by atoms with van der Waals surface area (Å²) in [5, 5.41) is 5.88. The minimum atomic E-state index is -0.0413. The number of carbonyl (C=O) groups excluding carboxylic acids is 2. The van der Waals surface area contributed by atoms with Crippen LogP contribution in [0.25, 0.3) is 0 Å². The van der Waals surface area contributed by atoms with Gasteiger partial charge in [-0.25, -0.2) is 0 Å². The van der Waals surface area contributed by atoms with Crippen molar-refractivity contribution in [2.24, 2.45) is 0 Å². The molecule has 148 valence electrons. The normalized spacial score (nSPS) is 12.9. The van der Waals surface area contributed by atoms with E-state index in [9.17, 15) is 9.59 Å². The van der Waals surface area contributed by atoms with Crippen LogP contribution in [0.15, 0.2) is 42.5 Å². The maximum Gasteiger partial charge on any atom is 0.251 e. The van der Waals surface area contributed by atoms with Crippen molar-refractivity contribution in [3.63, 3.8) is 0 Å². The van der Waals surface area contributed by atoms with Crippen LogP contribution < -0.4 is 20.1 Å². The summed E-state index contributed by atoms with van der Waals surface area (Å²) in [4.78, 5) is 24.2. The van der Waals surface area contributed by atoms with E-state index in [-0.39, 0.29) is 11.8 Å². The van der Waals surface area contributed by atoms with Gasteiger partial charge in [0.05, 0.1) is 14.2 Å². The molecule has 1 aliphatic rings. The summed E-state index contributed by atoms with van der Waals surface area (Å²) in [7, 11) is 3.22. The first-order valence-corrected chi connectivity index (χ1v) is 9.46. The number of carbonyl (C=O) groups is 2. The van der Waals surface area contributed by atoms with Crippen LogP contribution >= 0.6 is 0 Å². The molecule has 0 heterocycles. The molecule has 2 aromatic carbocycles. The Morgan fingerprint density at radius 1 is 1.04 bits per heavy atom. The molecule has 28 heavy (non-hydrogen) atoms. The lowest BCUT2D eigenvalue weighted by atomic mass is 10.1. The van der Waals surface area contributed by atoms with Gasteiger partial charge in [0, 0.05) is 24.6 Å². The lowest BCUT2D eigenvalue weighted by Crippen LogP contribution is -2.25. The second-order valence-corrected chi connectivity index (χ2v) is 6.90. The Morgan fingerprint density at radius 3 is 2.43 bits per heavy atom. The molecule has 0 unspecified atom stereocenters. The molecule has 0 spiro atoms. The largest absolute Gasteiger partial charge is 0.497 e. The number of methoxy groups -OCH3 is 2. The smallest absolute Gasteiger partial charge is 0.251 e. The van der Waals surface area contributed by atoms with Gasteiger partial charge in [0.2, 0.25) is 5.91 Å². The number of amides is 2. The Kier molecular flexibility index (Phi) is 6.53. The lowest BCUT2D eigenvalue weighted by Gasteiger charge is -2.11. The van der Waals surface area contributed by atoms with Crippen LogP contribution in [-0.2, 0) is 17.8 Å². The number of benzene rings is 2. The summed E-state index contributed by atoms with van der Waals surface area (Å²) in [5.41, 5.74) is 2.53. The summed E-state index contributed by atoms with van der Waals surface area (Å²) < 4.78 is 10.6. The van der Waals surface area contributed by atoms with Crippen LogP contribution in [0, 0.1) is 0 Å². The van der Waals surface area contributed by atoms with E-state index in [1.165, 1.54) is 0 Å². The number of ether oxygens (including phenoxy) is 2. The van der Waals surface area contributed by atoms with Gasteiger partial charge in [-0.1, -0.05) is 12.1 Å². The average Bonchev–Trinajstić information content (AvgIpc) is 3.54. The fraction of sp³-hybridized carbons (Fsp3) is 0.364. The number of aryl methyl sites for hydroxylation is 1. The second kappa shape index (κ2) is 9.26. The standard InChI is InChI=1S/C22H26N2O4/c1-27-19-10-11-20(28-2)17(13-19)7-12-21(25)23-14-15-3-5-16(6-4-15)22(26)24-18-8-9-18/h3-6,10-11,13,18H,7-9,12,14H2,1-2H3,(H,23,25)(H,24,26). The molecule has 0 saturated heterocycles. The van der Waals surface area contributed by atoms with Gasteiger partial charge in [0.1, 0.15) is 11.5 Å². The topological polar surface area (TPSA) is 76.7 Å². The van der Waals surface area contributed by atoms with Gasteiger partial charge in [-0.2, -0.15) is 0 Å². The molecule has 2 aromatic rings. The summed E-state index contributed by atoms with van der Waals surface area (Å²) in [6, 6.07) is 13.2. The molecule has 2 amide bonds. The van der Waals surface area contributed by atoms with Crippen LogP contribution in [0.4, 0.5) is 0 Å². The van der Waals surface area contributed by atoms with E-state index in [0.29, 0.717) is 31.0 Å². The van der Waals surface area contributed by atoms with Gasteiger partial charge in [-0.05, 0) is 60.7 Å². The number of hydrogen-bond acceptors (Lipinski definition) is 4. The van der Waals surface area contributed by atoms with E-state index in [4.69, 9.17) is 9.47 Å². The zero-order valence-electron chi connectivity index (χ0n) is 16.3. The van der Waals surface area contributed by atoms with Crippen LogP contribution in [-0.4, -0.2) is 32.1 Å². The highest BCUT2D eigenvalue weighted by Crippen LogP contribution is 2.25. The quantitative estimate of drug-likeness (QED) is 0.699. The first-order valence-electron chi connectivity index (χ1n) is 9.46. The maximum absolute atomic E-state index is 12.2. The zero-order valence-corrected chi connectivity index (χ0v) is 16.3. The van der Waals surface area contributed by atoms with Crippen LogP contribution in [0.3, 0.4) is 0 Å². The lowest BCUT2D eigenvalue weighted by molar-refractivity contribution is -0.121. The molecule has 0 radical (unpaired) electrons. The van der Waals surface area contributed by atoms with Gasteiger partial charge < -0.3 is 20.1 Å². The van der Waals surface area contributed by atoms with Crippen molar-refractivity contribution in [3.8, 4) is 11.5 Å². The Balaban J connectivity index is 1.47. The van der Waals surface area contributed by atoms with Crippen molar-refractivity contribution in [1.82, 2.24) is 10.6 Å². The monoisotopic (exact) mass is 382 g/mol. The molecule has 0 aromatic heterocycles. The molecule has 6 heteroatoms. The van der Waals surface area contributed by atoms with E-state index < -0.39 is 0 Å². The molecule has 0 aliphatic heterocycles. The Hall–Kier alpha value is -3.02. The van der Waals surface area contributed by atoms with Crippen molar-refractivity contribution in [3.05, 3.63) is 59.2 Å². The minimum Gasteiger partial charge on any atom is -0.497 e. The third-order valence-electron chi connectivity index (χ3n) is 4.73. The second-order valence-electron chi connectivity index (χ2n) is 6.90. The van der Waals surface area contributed by atoms with Crippen molar-refractivity contribution in [2.75, 3.05) is 14.2 Å². The fourth-order valence-electron chi connectivity index (χ4n) is 2.88. The van der Waals surface area contributed by atoms with Crippen LogP contribution in [0.1, 0.15) is 40.7 Å². The third kappa shape index (κ3) is 5.49. The molecule has 6 nitrogen and oxygen atoms in total. The van der Waals surface area contributed by atoms with E-state index in [0.717, 1.165) is 35.5 Å². The molecule has 1 saturated carbocycles. The Morgan fingerprint density at radius 2 is 1.79 bits per heavy atom. The molecule has 0 bridgehead atoms. The van der Waals surface area contributed by atoms with Gasteiger partial charge in [0.25, 0.3) is 5.91 Å². The highest BCUT2D eigenvalue weighted by atomic mass is 16.5. The van der Waals surface area contributed by atoms with Gasteiger partial charge in [-0.3, -0.25) is 9.59 Å². The van der Waals surface area contributed by atoms with Gasteiger partial charge >= 0.3 is 0 Å². The number of nitrogens with one attached hydrogen (secondary N) is 2. The van der Waals surface area contributed by atoms with Crippen LogP contribution in [0.2, 0.25) is 0 Å². The average molecular weight is 382 g/mol. The summed E-state index contributed by atoms with van der Waals surface area (Å²) in [6.45, 7) is 0.429. The summed E-state index contributed by atoms with van der Waals surface area (Å²) in [5.74, 6) is 1.40. The highest BCUT2D eigenvalue weighted by molar-refractivity contribution is 5.94. The van der Waals surface area contributed by atoms with E-state index in [2.05, 4.69) is 10.6 Å². The predicted molar refractivity (Wildman–Crippen MR) is 107 cm³/mol. The van der Waals surface area contributed by atoms with E-state index in [1.54, 1.807) is 26.4 Å².